The molecule has 1 N–H and O–H groups in total. The van der Waals surface area contributed by atoms with Crippen LogP contribution in [-0.2, 0) is 0 Å². The van der Waals surface area contributed by atoms with E-state index in [0.29, 0.717) is 12.1 Å². The van der Waals surface area contributed by atoms with Crippen molar-refractivity contribution in [2.24, 2.45) is 0 Å². The molecule has 2 rings (SSSR count). The molecule has 2 heterocycles. The van der Waals surface area contributed by atoms with Crippen molar-refractivity contribution in [2.45, 2.75) is 64.7 Å². The van der Waals surface area contributed by atoms with Crippen molar-refractivity contribution < 1.29 is 0 Å². The molecular formula is C14H29N3. The summed E-state index contributed by atoms with van der Waals surface area (Å²) in [6.07, 6.45) is 2.72. The largest absolute Gasteiger partial charge is 0.309 e. The number of hydrogen-bond donors (Lipinski definition) is 1. The van der Waals surface area contributed by atoms with Gasteiger partial charge in [0.05, 0.1) is 0 Å². The van der Waals surface area contributed by atoms with Gasteiger partial charge in [0.2, 0.25) is 0 Å². The average Bonchev–Trinajstić information content (AvgIpc) is 2.28. The van der Waals surface area contributed by atoms with E-state index in [1.807, 2.05) is 0 Å². The molecule has 2 aliphatic rings. The predicted molar refractivity (Wildman–Crippen MR) is 73.4 cm³/mol. The van der Waals surface area contributed by atoms with Crippen molar-refractivity contribution in [3.63, 3.8) is 0 Å². The molecule has 2 fully saturated rings. The molecule has 0 aromatic rings. The molecule has 0 radical (unpaired) electrons. The Morgan fingerprint density at radius 2 is 1.53 bits per heavy atom. The average molecular weight is 239 g/mol. The molecule has 0 unspecified atom stereocenters. The lowest BCUT2D eigenvalue weighted by Gasteiger charge is -2.44. The van der Waals surface area contributed by atoms with Gasteiger partial charge in [-0.15, -0.1) is 0 Å². The molecule has 0 spiro atoms. The molecule has 0 saturated carbocycles. The zero-order chi connectivity index (χ0) is 12.4. The highest BCUT2D eigenvalue weighted by Crippen LogP contribution is 2.20. The fraction of sp³-hybridized carbons (Fsp3) is 1.00. The summed E-state index contributed by atoms with van der Waals surface area (Å²) < 4.78 is 0. The highest BCUT2D eigenvalue weighted by atomic mass is 15.3. The number of likely N-dealkylation sites (tertiary alicyclic amines) is 1. The Kier molecular flexibility index (Phi) is 4.45. The van der Waals surface area contributed by atoms with Gasteiger partial charge in [-0.05, 0) is 53.6 Å². The Morgan fingerprint density at radius 1 is 1.00 bits per heavy atom. The molecule has 100 valence electrons. The normalized spacial score (nSPS) is 34.4. The van der Waals surface area contributed by atoms with E-state index in [-0.39, 0.29) is 0 Å². The third kappa shape index (κ3) is 3.43. The van der Waals surface area contributed by atoms with E-state index in [2.05, 4.69) is 42.8 Å². The van der Waals surface area contributed by atoms with E-state index in [4.69, 9.17) is 0 Å². The molecule has 0 bridgehead atoms. The molecule has 3 nitrogen and oxygen atoms in total. The first-order valence-corrected chi connectivity index (χ1v) is 7.30. The van der Waals surface area contributed by atoms with E-state index < -0.39 is 0 Å². The van der Waals surface area contributed by atoms with Gasteiger partial charge in [-0.2, -0.15) is 0 Å². The molecule has 3 heteroatoms. The molecule has 2 atom stereocenters. The lowest BCUT2D eigenvalue weighted by atomic mass is 9.99. The number of piperidine rings is 1. The van der Waals surface area contributed by atoms with Gasteiger partial charge in [-0.25, -0.2) is 0 Å². The summed E-state index contributed by atoms with van der Waals surface area (Å²) in [5.41, 5.74) is 0. The highest BCUT2D eigenvalue weighted by Gasteiger charge is 2.29. The molecule has 0 aliphatic carbocycles. The van der Waals surface area contributed by atoms with Crippen molar-refractivity contribution >= 4 is 0 Å². The van der Waals surface area contributed by atoms with E-state index in [1.165, 1.54) is 39.0 Å². The third-order valence-electron chi connectivity index (χ3n) is 4.33. The van der Waals surface area contributed by atoms with Gasteiger partial charge in [0.25, 0.3) is 0 Å². The van der Waals surface area contributed by atoms with Crippen LogP contribution in [0.15, 0.2) is 0 Å². The number of nitrogens with zero attached hydrogens (tertiary/aromatic N) is 2. The second-order valence-electron chi connectivity index (χ2n) is 6.28. The van der Waals surface area contributed by atoms with E-state index >= 15 is 0 Å². The summed E-state index contributed by atoms with van der Waals surface area (Å²) in [4.78, 5) is 5.34. The van der Waals surface area contributed by atoms with Crippen molar-refractivity contribution in [1.29, 1.82) is 0 Å². The smallest absolute Gasteiger partial charge is 0.0169 e. The lowest BCUT2D eigenvalue weighted by molar-refractivity contribution is 0.0624. The van der Waals surface area contributed by atoms with Crippen molar-refractivity contribution in [1.82, 2.24) is 15.1 Å². The van der Waals surface area contributed by atoms with E-state index in [0.717, 1.165) is 12.1 Å². The standard InChI is InChI=1S/C14H29N3/c1-11(2)16-7-5-14(6-8-16)17-9-12(3)15-13(4)10-17/h11-15H,5-10H2,1-4H3/t12-,13+. The van der Waals surface area contributed by atoms with Crippen molar-refractivity contribution in [2.75, 3.05) is 26.2 Å². The minimum Gasteiger partial charge on any atom is -0.309 e. The fourth-order valence-corrected chi connectivity index (χ4v) is 3.43. The molecule has 2 saturated heterocycles. The monoisotopic (exact) mass is 239 g/mol. The lowest BCUT2D eigenvalue weighted by Crippen LogP contribution is -2.58. The van der Waals surface area contributed by atoms with Gasteiger partial charge >= 0.3 is 0 Å². The van der Waals surface area contributed by atoms with Crippen LogP contribution in [0.25, 0.3) is 0 Å². The highest BCUT2D eigenvalue weighted by molar-refractivity contribution is 4.88. The summed E-state index contributed by atoms with van der Waals surface area (Å²) >= 11 is 0. The minimum atomic E-state index is 0.655. The SMILES string of the molecule is CC(C)N1CCC(N2C[C@@H](C)N[C@@H](C)C2)CC1. The molecule has 17 heavy (non-hydrogen) atoms. The topological polar surface area (TPSA) is 18.5 Å². The molecule has 0 aromatic carbocycles. The fourth-order valence-electron chi connectivity index (χ4n) is 3.43. The zero-order valence-electron chi connectivity index (χ0n) is 11.9. The van der Waals surface area contributed by atoms with Crippen LogP contribution in [0.4, 0.5) is 0 Å². The third-order valence-corrected chi connectivity index (χ3v) is 4.33. The van der Waals surface area contributed by atoms with Crippen LogP contribution in [0.5, 0.6) is 0 Å². The molecular weight excluding hydrogens is 210 g/mol. The minimum absolute atomic E-state index is 0.655. The Hall–Kier alpha value is -0.120. The Bertz CT molecular complexity index is 224. The maximum Gasteiger partial charge on any atom is 0.0169 e. The summed E-state index contributed by atoms with van der Waals surface area (Å²) in [5, 5.41) is 3.62. The Morgan fingerprint density at radius 3 is 2.00 bits per heavy atom. The summed E-state index contributed by atoms with van der Waals surface area (Å²) in [6, 6.07) is 2.86. The first-order valence-electron chi connectivity index (χ1n) is 7.30. The van der Waals surface area contributed by atoms with Crippen molar-refractivity contribution in [3.05, 3.63) is 0 Å². The van der Waals surface area contributed by atoms with E-state index in [1.54, 1.807) is 0 Å². The van der Waals surface area contributed by atoms with Gasteiger partial charge in [0.1, 0.15) is 0 Å². The molecule has 0 aromatic heterocycles. The summed E-state index contributed by atoms with van der Waals surface area (Å²) in [5.74, 6) is 0. The quantitative estimate of drug-likeness (QED) is 0.788. The summed E-state index contributed by atoms with van der Waals surface area (Å²) in [7, 11) is 0. The second-order valence-corrected chi connectivity index (χ2v) is 6.28. The first-order chi connectivity index (χ1) is 8.06. The maximum atomic E-state index is 3.62. The zero-order valence-corrected chi connectivity index (χ0v) is 11.9. The van der Waals surface area contributed by atoms with Crippen LogP contribution < -0.4 is 5.32 Å². The number of piperazine rings is 1. The number of hydrogen-bond acceptors (Lipinski definition) is 3. The van der Waals surface area contributed by atoms with Crippen LogP contribution in [0.2, 0.25) is 0 Å². The van der Waals surface area contributed by atoms with Gasteiger partial charge in [0.15, 0.2) is 0 Å². The van der Waals surface area contributed by atoms with Crippen molar-refractivity contribution in [3.8, 4) is 0 Å². The first kappa shape index (κ1) is 13.3. The molecule has 2 aliphatic heterocycles. The van der Waals surface area contributed by atoms with Crippen LogP contribution >= 0.6 is 0 Å². The van der Waals surface area contributed by atoms with E-state index in [9.17, 15) is 0 Å². The van der Waals surface area contributed by atoms with Gasteiger partial charge in [0, 0.05) is 37.3 Å². The number of rotatable bonds is 2. The molecule has 0 amide bonds. The van der Waals surface area contributed by atoms with Gasteiger partial charge < -0.3 is 10.2 Å². The van der Waals surface area contributed by atoms with Crippen LogP contribution in [0.1, 0.15) is 40.5 Å². The number of nitrogens with one attached hydrogen (secondary N) is 1. The van der Waals surface area contributed by atoms with Crippen LogP contribution in [-0.4, -0.2) is 60.1 Å². The Balaban J connectivity index is 1.83. The van der Waals surface area contributed by atoms with Gasteiger partial charge in [-0.3, -0.25) is 4.90 Å². The predicted octanol–water partition coefficient (Wildman–Crippen LogP) is 1.54. The second kappa shape index (κ2) is 5.68. The van der Waals surface area contributed by atoms with Crippen LogP contribution in [0, 0.1) is 0 Å². The van der Waals surface area contributed by atoms with Crippen LogP contribution in [0.3, 0.4) is 0 Å². The Labute approximate surface area is 107 Å². The van der Waals surface area contributed by atoms with Gasteiger partial charge in [-0.1, -0.05) is 0 Å². The summed E-state index contributed by atoms with van der Waals surface area (Å²) in [6.45, 7) is 14.3. The maximum absolute atomic E-state index is 3.62.